The van der Waals surface area contributed by atoms with E-state index in [1.54, 1.807) is 0 Å². The summed E-state index contributed by atoms with van der Waals surface area (Å²) in [5.74, 6) is 1.77. The third-order valence-corrected chi connectivity index (χ3v) is 7.88. The highest BCUT2D eigenvalue weighted by molar-refractivity contribution is 6.09. The highest BCUT2D eigenvalue weighted by atomic mass is 16.7. The molecule has 2 aliphatic heterocycles. The number of hydrogen-bond donors (Lipinski definition) is 2. The molecule has 1 amide bonds. The molecule has 5 rings (SSSR count). The van der Waals surface area contributed by atoms with Gasteiger partial charge in [-0.1, -0.05) is 19.8 Å². The molecular weight excluding hydrogens is 420 g/mol. The lowest BCUT2D eigenvalue weighted by atomic mass is 9.82. The number of H-pyrrole nitrogens is 1. The predicted molar refractivity (Wildman–Crippen MR) is 126 cm³/mol. The van der Waals surface area contributed by atoms with Gasteiger partial charge in [0.25, 0.3) is 5.91 Å². The number of amidine groups is 1. The van der Waals surface area contributed by atoms with E-state index in [-0.39, 0.29) is 5.91 Å². The third-order valence-electron chi connectivity index (χ3n) is 7.88. The van der Waals surface area contributed by atoms with Crippen molar-refractivity contribution in [1.29, 1.82) is 0 Å². The predicted octanol–water partition coefficient (Wildman–Crippen LogP) is 3.40. The summed E-state index contributed by atoms with van der Waals surface area (Å²) >= 11 is 0. The molecule has 1 aliphatic carbocycles. The summed E-state index contributed by atoms with van der Waals surface area (Å²) in [6, 6.07) is 1.95. The Morgan fingerprint density at radius 3 is 2.64 bits per heavy atom. The van der Waals surface area contributed by atoms with E-state index in [1.807, 2.05) is 25.0 Å². The first-order valence-corrected chi connectivity index (χ1v) is 12.3. The van der Waals surface area contributed by atoms with E-state index in [1.165, 1.54) is 12.8 Å². The zero-order valence-electron chi connectivity index (χ0n) is 19.8. The van der Waals surface area contributed by atoms with Crippen LogP contribution in [0.1, 0.15) is 62.1 Å². The second kappa shape index (κ2) is 8.72. The molecule has 2 fully saturated rings. The molecule has 8 nitrogen and oxygen atoms in total. The highest BCUT2D eigenvalue weighted by Crippen LogP contribution is 2.35. The number of carbonyl (C=O) groups excluding carboxylic acids is 1. The van der Waals surface area contributed by atoms with Crippen LogP contribution in [0.3, 0.4) is 0 Å². The van der Waals surface area contributed by atoms with Gasteiger partial charge in [-0.3, -0.25) is 19.6 Å². The van der Waals surface area contributed by atoms with Gasteiger partial charge in [-0.2, -0.15) is 5.06 Å². The van der Waals surface area contributed by atoms with Crippen molar-refractivity contribution < 1.29 is 14.0 Å². The molecule has 0 radical (unpaired) electrons. The van der Waals surface area contributed by atoms with Gasteiger partial charge in [0, 0.05) is 19.0 Å². The fourth-order valence-corrected chi connectivity index (χ4v) is 5.71. The molecular formula is C25H34N4O4. The van der Waals surface area contributed by atoms with Crippen molar-refractivity contribution in [1.82, 2.24) is 15.4 Å². The van der Waals surface area contributed by atoms with E-state index in [4.69, 9.17) is 14.2 Å². The van der Waals surface area contributed by atoms with E-state index in [0.717, 1.165) is 53.2 Å². The quantitative estimate of drug-likeness (QED) is 0.721. The number of aromatic nitrogens is 1. The largest absolute Gasteiger partial charge is 0.417 e. The molecule has 0 bridgehead atoms. The molecule has 1 saturated carbocycles. The zero-order valence-corrected chi connectivity index (χ0v) is 19.8. The van der Waals surface area contributed by atoms with Crippen LogP contribution in [0.2, 0.25) is 0 Å². The van der Waals surface area contributed by atoms with Crippen molar-refractivity contribution in [2.75, 3.05) is 19.7 Å². The number of benzene rings is 1. The monoisotopic (exact) mass is 454 g/mol. The van der Waals surface area contributed by atoms with Gasteiger partial charge in [0.05, 0.1) is 12.1 Å². The molecule has 2 aromatic rings. The Balaban J connectivity index is 1.17. The highest BCUT2D eigenvalue weighted by Gasteiger charge is 2.47. The normalized spacial score (nSPS) is 25.5. The van der Waals surface area contributed by atoms with Crippen LogP contribution in [0.15, 0.2) is 20.3 Å². The lowest BCUT2D eigenvalue weighted by molar-refractivity contribution is -0.176. The summed E-state index contributed by atoms with van der Waals surface area (Å²) in [7, 11) is 0. The number of aryl methyl sites for hydroxylation is 2. The number of carbonyl (C=O) groups is 1. The van der Waals surface area contributed by atoms with Crippen LogP contribution >= 0.6 is 0 Å². The van der Waals surface area contributed by atoms with E-state index < -0.39 is 11.3 Å². The van der Waals surface area contributed by atoms with Crippen LogP contribution in [0.4, 0.5) is 0 Å². The maximum Gasteiger partial charge on any atom is 0.417 e. The molecule has 8 heteroatoms. The minimum atomic E-state index is -0.609. The lowest BCUT2D eigenvalue weighted by Crippen LogP contribution is -2.49. The molecule has 33 heavy (non-hydrogen) atoms. The van der Waals surface area contributed by atoms with Gasteiger partial charge >= 0.3 is 5.76 Å². The molecule has 1 aromatic heterocycles. The van der Waals surface area contributed by atoms with Gasteiger partial charge in [0.2, 0.25) is 0 Å². The van der Waals surface area contributed by atoms with Gasteiger partial charge in [-0.25, -0.2) is 4.79 Å². The number of hydroxylamine groups is 2. The Morgan fingerprint density at radius 2 is 1.91 bits per heavy atom. The summed E-state index contributed by atoms with van der Waals surface area (Å²) in [5, 5.41) is 5.09. The molecule has 178 valence electrons. The van der Waals surface area contributed by atoms with Gasteiger partial charge in [0.1, 0.15) is 11.4 Å². The molecule has 1 spiro atoms. The van der Waals surface area contributed by atoms with E-state index in [9.17, 15) is 9.59 Å². The molecule has 0 atom stereocenters. The summed E-state index contributed by atoms with van der Waals surface area (Å²) < 4.78 is 5.30. The summed E-state index contributed by atoms with van der Waals surface area (Å²) in [6.07, 6.45) is 6.79. The first-order valence-electron chi connectivity index (χ1n) is 12.3. The number of piperidine rings is 1. The third kappa shape index (κ3) is 4.26. The molecule has 1 aromatic carbocycles. The average Bonchev–Trinajstić information content (AvgIpc) is 3.32. The minimum Gasteiger partial charge on any atom is -0.408 e. The van der Waals surface area contributed by atoms with E-state index in [2.05, 4.69) is 17.2 Å². The van der Waals surface area contributed by atoms with Crippen LogP contribution in [-0.4, -0.2) is 47.0 Å². The number of rotatable bonds is 5. The van der Waals surface area contributed by atoms with Crippen molar-refractivity contribution in [2.45, 2.75) is 71.3 Å². The van der Waals surface area contributed by atoms with Crippen molar-refractivity contribution in [3.8, 4) is 0 Å². The standard InChI is InChI=1S/C25H34N4O4/c1-15-4-6-18(7-5-15)22-27-23(30)25(28-22)9-11-29(12-10-25)32-13-8-19-16(2)14-20-21(17(19)3)33-24(31)26-20/h14-15,18H,4-13H2,1-3H3,(H,26,31)(H,27,28,30). The van der Waals surface area contributed by atoms with Crippen molar-refractivity contribution in [3.05, 3.63) is 33.3 Å². The first kappa shape index (κ1) is 22.3. The van der Waals surface area contributed by atoms with Crippen LogP contribution in [0.5, 0.6) is 0 Å². The molecule has 0 unspecified atom stereocenters. The number of aromatic amines is 1. The lowest BCUT2D eigenvalue weighted by Gasteiger charge is -2.34. The SMILES string of the molecule is Cc1cc2[nH]c(=O)oc2c(C)c1CCON1CCC2(CC1)N=C(C1CCC(C)CC1)NC2=O. The maximum atomic E-state index is 12.8. The number of hydrogen-bond acceptors (Lipinski definition) is 6. The van der Waals surface area contributed by atoms with Crippen molar-refractivity contribution in [3.63, 3.8) is 0 Å². The van der Waals surface area contributed by atoms with Gasteiger partial charge in [-0.05, 0) is 74.6 Å². The number of aliphatic imine (C=N–C) groups is 1. The van der Waals surface area contributed by atoms with Gasteiger partial charge in [0.15, 0.2) is 5.58 Å². The summed E-state index contributed by atoms with van der Waals surface area (Å²) in [6.45, 7) is 8.24. The zero-order chi connectivity index (χ0) is 23.2. The Labute approximate surface area is 193 Å². The number of nitrogens with one attached hydrogen (secondary N) is 2. The fourth-order valence-electron chi connectivity index (χ4n) is 5.71. The van der Waals surface area contributed by atoms with Gasteiger partial charge < -0.3 is 9.73 Å². The Bertz CT molecular complexity index is 1130. The first-order chi connectivity index (χ1) is 15.8. The van der Waals surface area contributed by atoms with Crippen molar-refractivity contribution in [2.24, 2.45) is 16.8 Å². The second-order valence-electron chi connectivity index (χ2n) is 10.1. The topological polar surface area (TPSA) is 99.9 Å². The molecule has 3 heterocycles. The molecule has 1 saturated heterocycles. The van der Waals surface area contributed by atoms with Gasteiger partial charge in [-0.15, -0.1) is 0 Å². The van der Waals surface area contributed by atoms with E-state index >= 15 is 0 Å². The number of fused-ring (bicyclic) bond motifs is 1. The molecule has 3 aliphatic rings. The number of oxazole rings is 1. The average molecular weight is 455 g/mol. The van der Waals surface area contributed by atoms with Crippen LogP contribution in [0.25, 0.3) is 11.1 Å². The van der Waals surface area contributed by atoms with Crippen molar-refractivity contribution >= 4 is 22.8 Å². The molecule has 2 N–H and O–H groups in total. The Hall–Kier alpha value is -2.45. The minimum absolute atomic E-state index is 0.0725. The Morgan fingerprint density at radius 1 is 1.18 bits per heavy atom. The maximum absolute atomic E-state index is 12.8. The smallest absolute Gasteiger partial charge is 0.408 e. The van der Waals surface area contributed by atoms with Crippen LogP contribution in [0, 0.1) is 25.7 Å². The Kier molecular flexibility index (Phi) is 5.91. The summed E-state index contributed by atoms with van der Waals surface area (Å²) in [4.78, 5) is 38.1. The second-order valence-corrected chi connectivity index (χ2v) is 10.1. The number of nitrogens with zero attached hydrogens (tertiary/aromatic N) is 2. The summed E-state index contributed by atoms with van der Waals surface area (Å²) in [5.41, 5.74) is 3.98. The van der Waals surface area contributed by atoms with Crippen LogP contribution < -0.4 is 11.1 Å². The van der Waals surface area contributed by atoms with Crippen LogP contribution in [-0.2, 0) is 16.1 Å². The number of amides is 1. The fraction of sp³-hybridized carbons (Fsp3) is 0.640. The van der Waals surface area contributed by atoms with E-state index in [0.29, 0.717) is 44.0 Å².